The molecule has 1 atom stereocenters. The minimum absolute atomic E-state index is 0.453. The van der Waals surface area contributed by atoms with Crippen LogP contribution in [0.1, 0.15) is 19.8 Å². The molecule has 0 aromatic rings. The van der Waals surface area contributed by atoms with Crippen molar-refractivity contribution in [3.05, 3.63) is 0 Å². The Balaban J connectivity index is 1.91. The highest BCUT2D eigenvalue weighted by Gasteiger charge is 2.34. The zero-order valence-electron chi connectivity index (χ0n) is 11.2. The van der Waals surface area contributed by atoms with Crippen LogP contribution in [0.3, 0.4) is 0 Å². The summed E-state index contributed by atoms with van der Waals surface area (Å²) in [5.41, 5.74) is 0.453. The number of hydrogen-bond donors (Lipinski definition) is 1. The second kappa shape index (κ2) is 6.41. The lowest BCUT2D eigenvalue weighted by molar-refractivity contribution is -0.00284. The fraction of sp³-hybridized carbons (Fsp3) is 1.00. The Kier molecular flexibility index (Phi) is 5.15. The molecule has 2 rings (SSSR count). The summed E-state index contributed by atoms with van der Waals surface area (Å²) in [6.07, 6.45) is 2.43. The molecule has 0 aromatic carbocycles. The third kappa shape index (κ3) is 3.85. The second-order valence-corrected chi connectivity index (χ2v) is 7.11. The fourth-order valence-corrected chi connectivity index (χ4v) is 4.16. The Hall–Kier alpha value is 0.230. The van der Waals surface area contributed by atoms with E-state index in [4.69, 9.17) is 4.74 Å². The van der Waals surface area contributed by atoms with Crippen LogP contribution in [-0.4, -0.2) is 62.3 Å². The summed E-state index contributed by atoms with van der Waals surface area (Å²) < 4.78 is 5.53. The minimum Gasteiger partial charge on any atom is -0.381 e. The number of thioether (sulfide) groups is 1. The van der Waals surface area contributed by atoms with Crippen molar-refractivity contribution in [1.82, 2.24) is 10.2 Å². The number of ether oxygens (including phenoxy) is 1. The van der Waals surface area contributed by atoms with Gasteiger partial charge in [0.2, 0.25) is 0 Å². The predicted molar refractivity (Wildman–Crippen MR) is 74.8 cm³/mol. The summed E-state index contributed by atoms with van der Waals surface area (Å²) in [7, 11) is 2.08. The lowest BCUT2D eigenvalue weighted by Crippen LogP contribution is -2.49. The van der Waals surface area contributed by atoms with Crippen LogP contribution >= 0.6 is 11.8 Å². The summed E-state index contributed by atoms with van der Waals surface area (Å²) in [6, 6.07) is 0. The highest BCUT2D eigenvalue weighted by molar-refractivity contribution is 7.99. The van der Waals surface area contributed by atoms with Gasteiger partial charge >= 0.3 is 0 Å². The first-order chi connectivity index (χ1) is 8.24. The number of nitrogens with one attached hydrogen (secondary N) is 1. The first-order valence-corrected chi connectivity index (χ1v) is 7.85. The maximum atomic E-state index is 5.53. The predicted octanol–water partition coefficient (Wildman–Crippen LogP) is 1.44. The van der Waals surface area contributed by atoms with Crippen molar-refractivity contribution in [1.29, 1.82) is 0 Å². The van der Waals surface area contributed by atoms with E-state index in [2.05, 4.69) is 35.9 Å². The van der Waals surface area contributed by atoms with E-state index < -0.39 is 0 Å². The molecule has 100 valence electrons. The molecule has 17 heavy (non-hydrogen) atoms. The van der Waals surface area contributed by atoms with Gasteiger partial charge in [-0.25, -0.2) is 0 Å². The van der Waals surface area contributed by atoms with Gasteiger partial charge in [0.15, 0.2) is 0 Å². The van der Waals surface area contributed by atoms with Gasteiger partial charge in [-0.3, -0.25) is 0 Å². The van der Waals surface area contributed by atoms with Crippen LogP contribution in [0.25, 0.3) is 0 Å². The summed E-state index contributed by atoms with van der Waals surface area (Å²) in [6.45, 7) is 9.15. The van der Waals surface area contributed by atoms with Crippen molar-refractivity contribution in [2.45, 2.75) is 25.0 Å². The Labute approximate surface area is 110 Å². The lowest BCUT2D eigenvalue weighted by Gasteiger charge is -2.43. The molecule has 2 saturated heterocycles. The topological polar surface area (TPSA) is 24.5 Å². The van der Waals surface area contributed by atoms with Gasteiger partial charge in [0.1, 0.15) is 0 Å². The average Bonchev–Trinajstić information content (AvgIpc) is 2.30. The molecule has 1 unspecified atom stereocenters. The number of rotatable bonds is 4. The molecule has 2 heterocycles. The van der Waals surface area contributed by atoms with E-state index in [1.54, 1.807) is 0 Å². The molecule has 3 nitrogen and oxygen atoms in total. The van der Waals surface area contributed by atoms with E-state index in [1.807, 2.05) is 0 Å². The number of hydrogen-bond acceptors (Lipinski definition) is 4. The van der Waals surface area contributed by atoms with Crippen molar-refractivity contribution in [3.8, 4) is 0 Å². The molecule has 4 heteroatoms. The number of nitrogens with zero attached hydrogens (tertiary/aromatic N) is 1. The summed E-state index contributed by atoms with van der Waals surface area (Å²) in [4.78, 5) is 2.67. The molecular weight excluding hydrogens is 232 g/mol. The van der Waals surface area contributed by atoms with E-state index in [1.165, 1.54) is 38.2 Å². The SMILES string of the molecule is CNCC1(CN2CCSC(C)C2)CCOCC1. The monoisotopic (exact) mass is 258 g/mol. The van der Waals surface area contributed by atoms with E-state index in [0.717, 1.165) is 25.0 Å². The molecular formula is C13H26N2OS. The van der Waals surface area contributed by atoms with Crippen molar-refractivity contribution in [2.75, 3.05) is 52.2 Å². The molecule has 1 N–H and O–H groups in total. The smallest absolute Gasteiger partial charge is 0.0472 e. The standard InChI is InChI=1S/C13H26N2OS/c1-12-9-15(5-8-17-12)11-13(10-14-2)3-6-16-7-4-13/h12,14H,3-11H2,1-2H3. The Morgan fingerprint density at radius 1 is 1.41 bits per heavy atom. The molecule has 0 spiro atoms. The quantitative estimate of drug-likeness (QED) is 0.825. The Morgan fingerprint density at radius 2 is 2.18 bits per heavy atom. The van der Waals surface area contributed by atoms with Crippen LogP contribution < -0.4 is 5.32 Å². The van der Waals surface area contributed by atoms with E-state index in [-0.39, 0.29) is 0 Å². The van der Waals surface area contributed by atoms with Crippen LogP contribution in [0.4, 0.5) is 0 Å². The molecule has 0 aromatic heterocycles. The van der Waals surface area contributed by atoms with Gasteiger partial charge in [-0.1, -0.05) is 6.92 Å². The molecule has 2 fully saturated rings. The van der Waals surface area contributed by atoms with Crippen LogP contribution in [0.2, 0.25) is 0 Å². The highest BCUT2D eigenvalue weighted by Crippen LogP contribution is 2.32. The fourth-order valence-electron chi connectivity index (χ4n) is 3.08. The zero-order valence-corrected chi connectivity index (χ0v) is 12.0. The lowest BCUT2D eigenvalue weighted by atomic mass is 9.79. The molecule has 2 aliphatic rings. The van der Waals surface area contributed by atoms with Crippen LogP contribution in [0, 0.1) is 5.41 Å². The van der Waals surface area contributed by atoms with Gasteiger partial charge in [-0.05, 0) is 25.3 Å². The summed E-state index contributed by atoms with van der Waals surface area (Å²) in [5, 5.41) is 4.19. The van der Waals surface area contributed by atoms with Gasteiger partial charge in [-0.15, -0.1) is 0 Å². The first kappa shape index (κ1) is 13.7. The molecule has 0 amide bonds. The minimum atomic E-state index is 0.453. The maximum Gasteiger partial charge on any atom is 0.0472 e. The van der Waals surface area contributed by atoms with Crippen LogP contribution in [0.15, 0.2) is 0 Å². The van der Waals surface area contributed by atoms with Gasteiger partial charge < -0.3 is 15.0 Å². The Bertz CT molecular complexity index is 226. The molecule has 0 saturated carbocycles. The van der Waals surface area contributed by atoms with E-state index >= 15 is 0 Å². The third-order valence-electron chi connectivity index (χ3n) is 3.99. The van der Waals surface area contributed by atoms with Gasteiger partial charge in [0.05, 0.1) is 0 Å². The van der Waals surface area contributed by atoms with Crippen molar-refractivity contribution >= 4 is 11.8 Å². The van der Waals surface area contributed by atoms with Crippen molar-refractivity contribution < 1.29 is 4.74 Å². The van der Waals surface area contributed by atoms with Crippen molar-refractivity contribution in [2.24, 2.45) is 5.41 Å². The molecule has 2 aliphatic heterocycles. The Morgan fingerprint density at radius 3 is 2.82 bits per heavy atom. The second-order valence-electron chi connectivity index (χ2n) is 5.56. The van der Waals surface area contributed by atoms with E-state index in [0.29, 0.717) is 5.41 Å². The van der Waals surface area contributed by atoms with Gasteiger partial charge in [0.25, 0.3) is 0 Å². The average molecular weight is 258 g/mol. The molecule has 0 radical (unpaired) electrons. The van der Waals surface area contributed by atoms with Gasteiger partial charge in [-0.2, -0.15) is 11.8 Å². The molecule has 0 aliphatic carbocycles. The highest BCUT2D eigenvalue weighted by atomic mass is 32.2. The summed E-state index contributed by atoms with van der Waals surface area (Å²) >= 11 is 2.11. The van der Waals surface area contributed by atoms with Crippen LogP contribution in [0.5, 0.6) is 0 Å². The van der Waals surface area contributed by atoms with Gasteiger partial charge in [0, 0.05) is 50.4 Å². The summed E-state index contributed by atoms with van der Waals surface area (Å²) in [5.74, 6) is 1.30. The van der Waals surface area contributed by atoms with E-state index in [9.17, 15) is 0 Å². The maximum absolute atomic E-state index is 5.53. The largest absolute Gasteiger partial charge is 0.381 e. The van der Waals surface area contributed by atoms with Crippen LogP contribution in [-0.2, 0) is 4.74 Å². The normalized spacial score (nSPS) is 30.4. The zero-order chi connectivity index (χ0) is 12.1. The van der Waals surface area contributed by atoms with Crippen molar-refractivity contribution in [3.63, 3.8) is 0 Å². The first-order valence-electron chi connectivity index (χ1n) is 6.80. The molecule has 0 bridgehead atoms. The third-order valence-corrected chi connectivity index (χ3v) is 5.13.